The highest BCUT2D eigenvalue weighted by Crippen LogP contribution is 2.31. The van der Waals surface area contributed by atoms with Gasteiger partial charge in [0.25, 0.3) is 5.91 Å². The first kappa shape index (κ1) is 13.2. The number of primary amides is 1. The van der Waals surface area contributed by atoms with Crippen LogP contribution in [0.2, 0.25) is 0 Å². The molecular formula is C13H13N3O5. The van der Waals surface area contributed by atoms with Crippen LogP contribution in [0.25, 0.3) is 0 Å². The Balaban J connectivity index is 1.90. The Bertz CT molecular complexity index is 645. The summed E-state index contributed by atoms with van der Waals surface area (Å²) in [5.41, 5.74) is 7.19. The quantitative estimate of drug-likeness (QED) is 0.858. The predicted octanol–water partition coefficient (Wildman–Crippen LogP) is 0.584. The number of hydrogen-bond acceptors (Lipinski definition) is 5. The number of amides is 3. The van der Waals surface area contributed by atoms with Gasteiger partial charge in [-0.25, -0.2) is 9.59 Å². The van der Waals surface area contributed by atoms with Crippen molar-refractivity contribution in [2.75, 3.05) is 23.4 Å². The second kappa shape index (κ2) is 4.65. The van der Waals surface area contributed by atoms with Crippen molar-refractivity contribution in [3.05, 3.63) is 23.8 Å². The number of fused-ring (bicyclic) bond motifs is 1. The van der Waals surface area contributed by atoms with E-state index in [2.05, 4.69) is 0 Å². The summed E-state index contributed by atoms with van der Waals surface area (Å²) in [5, 5.41) is 0. The molecule has 2 aliphatic rings. The molecule has 2 heterocycles. The van der Waals surface area contributed by atoms with Gasteiger partial charge in [0.05, 0.1) is 12.2 Å². The van der Waals surface area contributed by atoms with Crippen LogP contribution in [0.1, 0.15) is 5.56 Å². The molecule has 1 atom stereocenters. The van der Waals surface area contributed by atoms with E-state index in [-0.39, 0.29) is 13.2 Å². The molecule has 110 valence electrons. The van der Waals surface area contributed by atoms with Crippen LogP contribution in [0.5, 0.6) is 0 Å². The fourth-order valence-corrected chi connectivity index (χ4v) is 2.34. The van der Waals surface area contributed by atoms with Crippen molar-refractivity contribution in [1.29, 1.82) is 0 Å². The maximum absolute atomic E-state index is 11.8. The number of benzene rings is 1. The van der Waals surface area contributed by atoms with E-state index in [0.717, 1.165) is 5.56 Å². The maximum atomic E-state index is 11.8. The molecule has 1 saturated heterocycles. The lowest BCUT2D eigenvalue weighted by molar-refractivity contribution is -0.124. The Morgan fingerprint density at radius 3 is 2.76 bits per heavy atom. The molecule has 3 rings (SSSR count). The minimum absolute atomic E-state index is 0.0720. The van der Waals surface area contributed by atoms with Crippen LogP contribution in [0, 0.1) is 0 Å². The zero-order valence-corrected chi connectivity index (χ0v) is 11.2. The van der Waals surface area contributed by atoms with E-state index in [4.69, 9.17) is 15.2 Å². The summed E-state index contributed by atoms with van der Waals surface area (Å²) in [6, 6.07) is 5.12. The molecule has 0 aliphatic carbocycles. The highest BCUT2D eigenvalue weighted by atomic mass is 16.6. The van der Waals surface area contributed by atoms with E-state index in [9.17, 15) is 14.4 Å². The lowest BCUT2D eigenvalue weighted by Gasteiger charge is -2.26. The summed E-state index contributed by atoms with van der Waals surface area (Å²) in [7, 11) is 1.60. The van der Waals surface area contributed by atoms with Crippen molar-refractivity contribution in [3.8, 4) is 0 Å². The zero-order chi connectivity index (χ0) is 15.1. The van der Waals surface area contributed by atoms with Gasteiger partial charge in [0, 0.05) is 18.3 Å². The molecule has 2 N–H and O–H groups in total. The molecule has 2 aliphatic heterocycles. The van der Waals surface area contributed by atoms with E-state index in [1.54, 1.807) is 25.2 Å². The Kier molecular flexibility index (Phi) is 2.93. The molecule has 0 unspecified atom stereocenters. The number of rotatable bonds is 2. The first-order chi connectivity index (χ1) is 9.97. The monoisotopic (exact) mass is 291 g/mol. The van der Waals surface area contributed by atoms with Crippen LogP contribution in [0.3, 0.4) is 0 Å². The van der Waals surface area contributed by atoms with Crippen LogP contribution in [0.15, 0.2) is 18.2 Å². The third-order valence-corrected chi connectivity index (χ3v) is 3.49. The predicted molar refractivity (Wildman–Crippen MR) is 71.8 cm³/mol. The smallest absolute Gasteiger partial charge is 0.415 e. The molecule has 8 nitrogen and oxygen atoms in total. The van der Waals surface area contributed by atoms with Gasteiger partial charge in [-0.3, -0.25) is 14.6 Å². The number of carbonyl (C=O) groups is 3. The molecule has 3 amide bonds. The minimum Gasteiger partial charge on any atom is -0.444 e. The maximum Gasteiger partial charge on any atom is 0.415 e. The molecule has 1 aromatic carbocycles. The van der Waals surface area contributed by atoms with Gasteiger partial charge in [-0.1, -0.05) is 0 Å². The molecule has 0 bridgehead atoms. The summed E-state index contributed by atoms with van der Waals surface area (Å²) >= 11 is 0. The summed E-state index contributed by atoms with van der Waals surface area (Å²) in [5.74, 6) is -0.683. The Morgan fingerprint density at radius 2 is 2.10 bits per heavy atom. The summed E-state index contributed by atoms with van der Waals surface area (Å²) in [4.78, 5) is 37.0. The summed E-state index contributed by atoms with van der Waals surface area (Å²) in [6.07, 6.45) is -2.00. The third kappa shape index (κ3) is 2.14. The van der Waals surface area contributed by atoms with E-state index in [1.165, 1.54) is 9.80 Å². The van der Waals surface area contributed by atoms with Crippen molar-refractivity contribution < 1.29 is 23.9 Å². The second-order valence-corrected chi connectivity index (χ2v) is 4.81. The molecule has 0 aromatic heterocycles. The average molecular weight is 291 g/mol. The number of nitrogens with zero attached hydrogens (tertiary/aromatic N) is 2. The number of hydrogen-bond donors (Lipinski definition) is 1. The lowest BCUT2D eigenvalue weighted by Crippen LogP contribution is -2.33. The van der Waals surface area contributed by atoms with Gasteiger partial charge in [0.1, 0.15) is 6.61 Å². The summed E-state index contributed by atoms with van der Waals surface area (Å²) < 4.78 is 9.89. The summed E-state index contributed by atoms with van der Waals surface area (Å²) in [6.45, 7) is 0.205. The van der Waals surface area contributed by atoms with Gasteiger partial charge in [0.2, 0.25) is 0 Å². The highest BCUT2D eigenvalue weighted by Gasteiger charge is 2.36. The molecule has 1 fully saturated rings. The number of anilines is 2. The van der Waals surface area contributed by atoms with Gasteiger partial charge in [-0.15, -0.1) is 0 Å². The van der Waals surface area contributed by atoms with Crippen molar-refractivity contribution in [2.45, 2.75) is 12.7 Å². The lowest BCUT2D eigenvalue weighted by atomic mass is 10.1. The normalized spacial score (nSPS) is 20.9. The van der Waals surface area contributed by atoms with Gasteiger partial charge in [-0.05, 0) is 18.2 Å². The third-order valence-electron chi connectivity index (χ3n) is 3.49. The van der Waals surface area contributed by atoms with Crippen molar-refractivity contribution >= 4 is 29.5 Å². The van der Waals surface area contributed by atoms with E-state index in [0.29, 0.717) is 11.4 Å². The van der Waals surface area contributed by atoms with Crippen LogP contribution >= 0.6 is 0 Å². The largest absolute Gasteiger partial charge is 0.444 e. The topological polar surface area (TPSA) is 102 Å². The molecule has 0 radical (unpaired) electrons. The number of carbonyl (C=O) groups excluding carboxylic acids is 3. The fraction of sp³-hybridized carbons (Fsp3) is 0.308. The standard InChI is InChI=1S/C13H13N3O5/c1-15-9-3-2-8(4-7(9)6-20-12(15)18)16-5-10(11(14)17)21-13(16)19/h2-4,10H,5-6H2,1H3,(H2,14,17)/t10-/m1/s1. The first-order valence-corrected chi connectivity index (χ1v) is 6.28. The van der Waals surface area contributed by atoms with Gasteiger partial charge in [-0.2, -0.15) is 0 Å². The van der Waals surface area contributed by atoms with Crippen molar-refractivity contribution in [1.82, 2.24) is 0 Å². The van der Waals surface area contributed by atoms with E-state index in [1.807, 2.05) is 0 Å². The molecule has 0 spiro atoms. The number of ether oxygens (including phenoxy) is 2. The van der Waals surface area contributed by atoms with Gasteiger partial charge >= 0.3 is 12.2 Å². The number of cyclic esters (lactones) is 2. The van der Waals surface area contributed by atoms with Crippen LogP contribution < -0.4 is 15.5 Å². The SMILES string of the molecule is CN1C(=O)OCc2cc(N3C[C@H](C(N)=O)OC3=O)ccc21. The molecule has 1 aromatic rings. The average Bonchev–Trinajstić information content (AvgIpc) is 2.85. The van der Waals surface area contributed by atoms with Crippen LogP contribution in [0.4, 0.5) is 21.0 Å². The first-order valence-electron chi connectivity index (χ1n) is 6.28. The second-order valence-electron chi connectivity index (χ2n) is 4.81. The van der Waals surface area contributed by atoms with Crippen LogP contribution in [-0.4, -0.2) is 37.8 Å². The van der Waals surface area contributed by atoms with Gasteiger partial charge < -0.3 is 15.2 Å². The Hall–Kier alpha value is -2.77. The minimum atomic E-state index is -0.950. The van der Waals surface area contributed by atoms with E-state index >= 15 is 0 Å². The number of nitrogens with two attached hydrogens (primary N) is 1. The van der Waals surface area contributed by atoms with Crippen LogP contribution in [-0.2, 0) is 20.9 Å². The molecule has 0 saturated carbocycles. The van der Waals surface area contributed by atoms with Crippen molar-refractivity contribution in [2.24, 2.45) is 5.73 Å². The highest BCUT2D eigenvalue weighted by molar-refractivity contribution is 5.96. The Labute approximate surface area is 120 Å². The molecule has 21 heavy (non-hydrogen) atoms. The zero-order valence-electron chi connectivity index (χ0n) is 11.2. The van der Waals surface area contributed by atoms with E-state index < -0.39 is 24.2 Å². The fourth-order valence-electron chi connectivity index (χ4n) is 2.34. The molecular weight excluding hydrogens is 278 g/mol. The molecule has 8 heteroatoms. The Morgan fingerprint density at radius 1 is 1.33 bits per heavy atom. The van der Waals surface area contributed by atoms with Crippen molar-refractivity contribution in [3.63, 3.8) is 0 Å². The van der Waals surface area contributed by atoms with Gasteiger partial charge in [0.15, 0.2) is 6.10 Å².